The van der Waals surface area contributed by atoms with Gasteiger partial charge in [-0.25, -0.2) is 14.6 Å². The van der Waals surface area contributed by atoms with Crippen LogP contribution in [-0.2, 0) is 23.0 Å². The summed E-state index contributed by atoms with van der Waals surface area (Å²) in [5.41, 5.74) is 10.1. The molecule has 0 bridgehead atoms. The van der Waals surface area contributed by atoms with E-state index in [1.807, 2.05) is 17.1 Å². The first-order chi connectivity index (χ1) is 19.0. The molecule has 5 heterocycles. The van der Waals surface area contributed by atoms with Crippen LogP contribution in [0.3, 0.4) is 0 Å². The lowest BCUT2D eigenvalue weighted by molar-refractivity contribution is 0.169. The van der Waals surface area contributed by atoms with Crippen LogP contribution in [0.25, 0.3) is 22.6 Å². The molecule has 7 rings (SSSR count). The van der Waals surface area contributed by atoms with Gasteiger partial charge in [0, 0.05) is 10.4 Å². The van der Waals surface area contributed by atoms with Crippen molar-refractivity contribution >= 4 is 39.1 Å². The zero-order chi connectivity index (χ0) is 26.9. The molecule has 4 aromatic rings. The highest BCUT2D eigenvalue weighted by atomic mass is 32.2. The van der Waals surface area contributed by atoms with Crippen LogP contribution < -0.4 is 5.73 Å². The van der Waals surface area contributed by atoms with Crippen molar-refractivity contribution in [2.24, 2.45) is 0 Å². The quantitative estimate of drug-likeness (QED) is 0.285. The first-order valence-corrected chi connectivity index (χ1v) is 15.4. The van der Waals surface area contributed by atoms with Crippen LogP contribution in [-0.4, -0.2) is 69.4 Å². The van der Waals surface area contributed by atoms with Crippen molar-refractivity contribution in [2.45, 2.75) is 61.0 Å². The summed E-state index contributed by atoms with van der Waals surface area (Å²) in [6, 6.07) is 2.65. The molecule has 3 aliphatic rings. The summed E-state index contributed by atoms with van der Waals surface area (Å²) >= 11 is 3.13. The van der Waals surface area contributed by atoms with Crippen LogP contribution in [0.2, 0.25) is 0 Å². The van der Waals surface area contributed by atoms with Crippen molar-refractivity contribution < 1.29 is 9.26 Å². The van der Waals surface area contributed by atoms with E-state index in [1.54, 1.807) is 23.1 Å². The lowest BCUT2D eigenvalue weighted by atomic mass is 9.63. The Balaban J connectivity index is 1.38. The second-order valence-corrected chi connectivity index (χ2v) is 12.8. The minimum atomic E-state index is -0.375. The summed E-state index contributed by atoms with van der Waals surface area (Å²) in [6.45, 7) is 1.24. The van der Waals surface area contributed by atoms with Gasteiger partial charge in [0.25, 0.3) is 0 Å². The third-order valence-corrected chi connectivity index (χ3v) is 10.5. The Kier molecular flexibility index (Phi) is 5.97. The number of nitrogen functional groups attached to an aromatic ring is 1. The molecule has 2 N–H and O–H groups in total. The number of nitrogens with zero attached hydrogens (tertiary/aromatic N) is 7. The topological polar surface area (TPSA) is 132 Å². The molecule has 39 heavy (non-hydrogen) atoms. The van der Waals surface area contributed by atoms with Crippen molar-refractivity contribution in [3.8, 4) is 17.6 Å². The molecule has 1 fully saturated rings. The summed E-state index contributed by atoms with van der Waals surface area (Å²) in [5.74, 6) is 1.41. The monoisotopic (exact) mass is 562 g/mol. The zero-order valence-electron chi connectivity index (χ0n) is 22.2. The van der Waals surface area contributed by atoms with E-state index in [2.05, 4.69) is 30.2 Å². The summed E-state index contributed by atoms with van der Waals surface area (Å²) < 4.78 is 14.0. The molecule has 1 spiro atoms. The number of thioether (sulfide) groups is 1. The van der Waals surface area contributed by atoms with E-state index in [0.717, 1.165) is 71.5 Å². The number of aryl methyl sites for hydroxylation is 1. The van der Waals surface area contributed by atoms with Crippen LogP contribution in [0, 0.1) is 11.3 Å². The minimum absolute atomic E-state index is 0.0542. The summed E-state index contributed by atoms with van der Waals surface area (Å²) in [4.78, 5) is 13.4. The molecule has 1 aliphatic heterocycles. The second-order valence-electron chi connectivity index (χ2n) is 10.9. The maximum atomic E-state index is 10.0. The van der Waals surface area contributed by atoms with E-state index in [9.17, 15) is 5.26 Å². The highest BCUT2D eigenvalue weighted by Crippen LogP contribution is 2.55. The number of rotatable bonds is 4. The minimum Gasteiger partial charge on any atom is -0.389 e. The van der Waals surface area contributed by atoms with E-state index >= 15 is 0 Å². The average Bonchev–Trinajstić information content (AvgIpc) is 3.72. The lowest BCUT2D eigenvalue weighted by Crippen LogP contribution is -2.36. The van der Waals surface area contributed by atoms with E-state index in [0.29, 0.717) is 35.3 Å². The largest absolute Gasteiger partial charge is 0.389 e. The van der Waals surface area contributed by atoms with Gasteiger partial charge in [-0.05, 0) is 64.4 Å². The molecule has 0 radical (unpaired) electrons. The highest BCUT2D eigenvalue weighted by molar-refractivity contribution is 7.98. The van der Waals surface area contributed by atoms with Crippen LogP contribution in [0.4, 0.5) is 5.00 Å². The van der Waals surface area contributed by atoms with Gasteiger partial charge in [-0.2, -0.15) is 10.4 Å². The number of hydrogen-bond donors (Lipinski definition) is 1. The fraction of sp³-hybridized carbons (Fsp3) is 0.519. The molecule has 0 saturated carbocycles. The smallest absolute Gasteiger partial charge is 0.185 e. The van der Waals surface area contributed by atoms with E-state index in [4.69, 9.17) is 30.1 Å². The average molecular weight is 563 g/mol. The number of likely N-dealkylation sites (N-methyl/N-ethyl adjacent to an activating group) is 1. The molecule has 2 aliphatic carbocycles. The Hall–Kier alpha value is -2.98. The Morgan fingerprint density at radius 1 is 1.23 bits per heavy atom. The van der Waals surface area contributed by atoms with Crippen molar-refractivity contribution in [2.75, 3.05) is 39.3 Å². The number of nitrogens with two attached hydrogens (primary N) is 1. The highest BCUT2D eigenvalue weighted by Gasteiger charge is 2.49. The van der Waals surface area contributed by atoms with E-state index in [-0.39, 0.29) is 17.5 Å². The van der Waals surface area contributed by atoms with Crippen LogP contribution in [0.5, 0.6) is 0 Å². The number of fused-ring (bicyclic) bond motifs is 5. The first-order valence-electron chi connectivity index (χ1n) is 13.3. The molecule has 12 heteroatoms. The lowest BCUT2D eigenvalue weighted by Gasteiger charge is -2.39. The molecule has 3 atom stereocenters. The fourth-order valence-electron chi connectivity index (χ4n) is 6.88. The van der Waals surface area contributed by atoms with E-state index in [1.165, 1.54) is 4.88 Å². The fourth-order valence-corrected chi connectivity index (χ4v) is 8.58. The van der Waals surface area contributed by atoms with E-state index < -0.39 is 0 Å². The zero-order valence-corrected chi connectivity index (χ0v) is 23.9. The first kappa shape index (κ1) is 25.0. The van der Waals surface area contributed by atoms with Gasteiger partial charge >= 0.3 is 0 Å². The second kappa shape index (κ2) is 9.30. The third-order valence-electron chi connectivity index (χ3n) is 8.68. The van der Waals surface area contributed by atoms with Crippen molar-refractivity contribution in [1.82, 2.24) is 29.8 Å². The predicted molar refractivity (Wildman–Crippen MR) is 150 cm³/mol. The van der Waals surface area contributed by atoms with Crippen molar-refractivity contribution in [3.63, 3.8) is 0 Å². The maximum absolute atomic E-state index is 10.0. The van der Waals surface area contributed by atoms with Crippen LogP contribution in [0.1, 0.15) is 59.1 Å². The predicted octanol–water partition coefficient (Wildman–Crippen LogP) is 4.18. The number of aromatic nitrogens is 5. The molecule has 202 valence electrons. The van der Waals surface area contributed by atoms with Crippen molar-refractivity contribution in [1.29, 1.82) is 5.26 Å². The molecule has 4 aromatic heterocycles. The van der Waals surface area contributed by atoms with Gasteiger partial charge in [0.1, 0.15) is 16.1 Å². The SMILES string of the molecule is CSc1nc(-c2noc3c2CCC[C@@]32CCCc3sc(N)c(C#N)c32)nc2c1cnn2C1COCC1N(C)C. The number of thiophene rings is 1. The maximum Gasteiger partial charge on any atom is 0.185 e. The molecular weight excluding hydrogens is 532 g/mol. The molecular formula is C27H30N8O2S2. The summed E-state index contributed by atoms with van der Waals surface area (Å²) in [7, 11) is 4.14. The molecule has 0 amide bonds. The Labute approximate surface area is 234 Å². The summed E-state index contributed by atoms with van der Waals surface area (Å²) in [6.07, 6.45) is 9.50. The number of anilines is 1. The molecule has 10 nitrogen and oxygen atoms in total. The number of nitriles is 1. The van der Waals surface area contributed by atoms with Crippen LogP contribution in [0.15, 0.2) is 15.7 Å². The van der Waals surface area contributed by atoms with Gasteiger partial charge in [0.05, 0.1) is 47.9 Å². The van der Waals surface area contributed by atoms with Crippen LogP contribution >= 0.6 is 23.1 Å². The van der Waals surface area contributed by atoms with Gasteiger partial charge < -0.3 is 19.9 Å². The number of ether oxygens (including phenoxy) is 1. The van der Waals surface area contributed by atoms with Gasteiger partial charge in [-0.3, -0.25) is 0 Å². The summed E-state index contributed by atoms with van der Waals surface area (Å²) in [5, 5.41) is 21.8. The van der Waals surface area contributed by atoms with Gasteiger partial charge in [-0.15, -0.1) is 23.1 Å². The molecule has 0 aromatic carbocycles. The van der Waals surface area contributed by atoms with Gasteiger partial charge in [-0.1, -0.05) is 5.16 Å². The van der Waals surface area contributed by atoms with Gasteiger partial charge in [0.15, 0.2) is 22.9 Å². The molecule has 2 unspecified atom stereocenters. The Bertz CT molecular complexity index is 1630. The standard InChI is InChI=1S/C27H30N8O2S2/c1-34(2)17-12-36-13-18(17)35-25-16(11-30-35)26(38-3)32-24(31-25)21-14-6-4-8-27(22(14)37-33-21)9-5-7-19-20(27)15(10-28)23(29)39-19/h11,17-18H,4-9,12-13,29H2,1-3H3/t17?,18?,27-/m0/s1. The van der Waals surface area contributed by atoms with Gasteiger partial charge in [0.2, 0.25) is 0 Å². The molecule has 1 saturated heterocycles. The number of hydrogen-bond acceptors (Lipinski definition) is 11. The third kappa shape index (κ3) is 3.60. The normalized spacial score (nSPS) is 24.4. The van der Waals surface area contributed by atoms with Crippen molar-refractivity contribution in [3.05, 3.63) is 33.5 Å². The Morgan fingerprint density at radius 2 is 2.05 bits per heavy atom. The Morgan fingerprint density at radius 3 is 2.82 bits per heavy atom.